The highest BCUT2D eigenvalue weighted by molar-refractivity contribution is 6.10. The summed E-state index contributed by atoms with van der Waals surface area (Å²) in [6.07, 6.45) is 3.59. The zero-order chi connectivity index (χ0) is 26.7. The summed E-state index contributed by atoms with van der Waals surface area (Å²) in [5.74, 6) is 0.911. The van der Waals surface area contributed by atoms with E-state index in [2.05, 4.69) is 22.4 Å². The van der Waals surface area contributed by atoms with E-state index >= 15 is 0 Å². The highest BCUT2D eigenvalue weighted by Crippen LogP contribution is 2.44. The third-order valence-electron chi connectivity index (χ3n) is 8.77. The predicted molar refractivity (Wildman–Crippen MR) is 138 cm³/mol. The van der Waals surface area contributed by atoms with Gasteiger partial charge in [0, 0.05) is 36.3 Å². The first-order valence-corrected chi connectivity index (χ1v) is 13.4. The number of carbonyl (C=O) groups excluding carboxylic acids is 1. The molecule has 0 spiro atoms. The summed E-state index contributed by atoms with van der Waals surface area (Å²) < 4.78 is 44.4. The number of aromatic nitrogens is 3. The lowest BCUT2D eigenvalue weighted by Gasteiger charge is -2.39. The molecule has 6 rings (SSSR count). The first kappa shape index (κ1) is 25.1. The quantitative estimate of drug-likeness (QED) is 0.415. The van der Waals surface area contributed by atoms with Crippen molar-refractivity contribution in [2.45, 2.75) is 76.2 Å². The van der Waals surface area contributed by atoms with Crippen LogP contribution in [0.1, 0.15) is 89.8 Å². The fourth-order valence-electron chi connectivity index (χ4n) is 6.10. The van der Waals surface area contributed by atoms with E-state index in [-0.39, 0.29) is 29.1 Å². The molecule has 0 saturated heterocycles. The van der Waals surface area contributed by atoms with Gasteiger partial charge in [0.2, 0.25) is 0 Å². The number of nitrogens with one attached hydrogen (secondary N) is 1. The van der Waals surface area contributed by atoms with Crippen molar-refractivity contribution >= 4 is 11.6 Å². The molecule has 6 nitrogen and oxygen atoms in total. The van der Waals surface area contributed by atoms with Crippen molar-refractivity contribution in [1.29, 1.82) is 0 Å². The summed E-state index contributed by atoms with van der Waals surface area (Å²) in [4.78, 5) is 15.0. The van der Waals surface area contributed by atoms with Crippen LogP contribution in [0.25, 0.3) is 0 Å². The lowest BCUT2D eigenvalue weighted by molar-refractivity contribution is -0.138. The lowest BCUT2D eigenvalue weighted by Crippen LogP contribution is -2.47. The predicted octanol–water partition coefficient (Wildman–Crippen LogP) is 5.96. The molecule has 200 valence electrons. The molecule has 1 aromatic heterocycles. The Kier molecular flexibility index (Phi) is 6.09. The van der Waals surface area contributed by atoms with Gasteiger partial charge in [-0.3, -0.25) is 4.79 Å². The molecule has 3 aromatic rings. The Morgan fingerprint density at radius 3 is 2.55 bits per heavy atom. The fourth-order valence-corrected chi connectivity index (χ4v) is 6.10. The first-order chi connectivity index (χ1) is 18.1. The van der Waals surface area contributed by atoms with Crippen LogP contribution < -0.4 is 10.2 Å². The highest BCUT2D eigenvalue weighted by Gasteiger charge is 2.41. The Morgan fingerprint density at radius 2 is 1.95 bits per heavy atom. The van der Waals surface area contributed by atoms with Gasteiger partial charge in [0.25, 0.3) is 5.91 Å². The van der Waals surface area contributed by atoms with E-state index in [0.29, 0.717) is 23.7 Å². The van der Waals surface area contributed by atoms with Crippen LogP contribution in [0.15, 0.2) is 42.7 Å². The van der Waals surface area contributed by atoms with Crippen LogP contribution in [-0.2, 0) is 26.3 Å². The van der Waals surface area contributed by atoms with E-state index in [4.69, 9.17) is 0 Å². The summed E-state index contributed by atoms with van der Waals surface area (Å²) in [5.41, 5.74) is 1.52. The second kappa shape index (κ2) is 9.22. The van der Waals surface area contributed by atoms with E-state index in [1.807, 2.05) is 29.8 Å². The molecule has 3 aliphatic rings. The Hall–Kier alpha value is -3.20. The second-order valence-corrected chi connectivity index (χ2v) is 11.4. The van der Waals surface area contributed by atoms with Gasteiger partial charge >= 0.3 is 6.18 Å². The van der Waals surface area contributed by atoms with Gasteiger partial charge in [-0.1, -0.05) is 18.6 Å². The summed E-state index contributed by atoms with van der Waals surface area (Å²) in [5, 5.41) is 11.8. The summed E-state index contributed by atoms with van der Waals surface area (Å²) in [7, 11) is 1.92. The van der Waals surface area contributed by atoms with Crippen LogP contribution in [0, 0.1) is 5.92 Å². The highest BCUT2D eigenvalue weighted by atomic mass is 19.4. The number of hydrogen-bond acceptors (Lipinski definition) is 4. The van der Waals surface area contributed by atoms with E-state index < -0.39 is 17.6 Å². The number of hydrogen-bond donors (Lipinski definition) is 1. The smallest absolute Gasteiger partial charge is 0.320 e. The van der Waals surface area contributed by atoms with E-state index in [9.17, 15) is 18.0 Å². The van der Waals surface area contributed by atoms with Gasteiger partial charge in [0.05, 0.1) is 12.1 Å². The minimum atomic E-state index is -4.54. The molecule has 2 heterocycles. The number of halogens is 3. The number of fused-ring (bicyclic) bond motifs is 1. The number of rotatable bonds is 7. The third-order valence-corrected chi connectivity index (χ3v) is 8.77. The molecule has 0 unspecified atom stereocenters. The molecule has 1 atom stereocenters. The molecule has 1 N–H and O–H groups in total. The van der Waals surface area contributed by atoms with Crippen LogP contribution in [0.3, 0.4) is 0 Å². The number of nitrogens with zero attached hydrogens (tertiary/aromatic N) is 4. The maximum atomic E-state index is 14.2. The monoisotopic (exact) mass is 523 g/mol. The van der Waals surface area contributed by atoms with Crippen LogP contribution in [-0.4, -0.2) is 26.2 Å². The molecule has 1 aliphatic heterocycles. The van der Waals surface area contributed by atoms with Crippen molar-refractivity contribution in [1.82, 2.24) is 20.1 Å². The van der Waals surface area contributed by atoms with Crippen LogP contribution in [0.4, 0.5) is 18.9 Å². The standard InChI is InChI=1S/C29H32F3N5O/c1-28(10-5-11-28)33-15-18-12-22-23(24(13-18)29(30,31)32)16-37(27(22)38)21-9-4-8-20(14-21)25(19-6-3-7-19)26-35-34-17-36(26)2/h4,8-9,12-14,17,19,25,33H,3,5-7,10-11,15-16H2,1-2H3/t25-/m1/s1. The van der Waals surface area contributed by atoms with Crippen LogP contribution in [0.2, 0.25) is 0 Å². The van der Waals surface area contributed by atoms with Crippen molar-refractivity contribution in [3.8, 4) is 0 Å². The van der Waals surface area contributed by atoms with Gasteiger partial charge < -0.3 is 14.8 Å². The van der Waals surface area contributed by atoms with Gasteiger partial charge in [-0.15, -0.1) is 10.2 Å². The van der Waals surface area contributed by atoms with Crippen molar-refractivity contribution in [2.24, 2.45) is 13.0 Å². The Balaban J connectivity index is 1.33. The molecular formula is C29H32F3N5O. The average Bonchev–Trinajstić information content (AvgIpc) is 3.40. The normalized spacial score (nSPS) is 19.7. The van der Waals surface area contributed by atoms with Crippen molar-refractivity contribution in [2.75, 3.05) is 4.90 Å². The van der Waals surface area contributed by atoms with Crippen molar-refractivity contribution < 1.29 is 18.0 Å². The molecule has 2 saturated carbocycles. The molecule has 0 radical (unpaired) electrons. The summed E-state index contributed by atoms with van der Waals surface area (Å²) >= 11 is 0. The minimum absolute atomic E-state index is 0.0209. The average molecular weight is 524 g/mol. The summed E-state index contributed by atoms with van der Waals surface area (Å²) in [6.45, 7) is 2.29. The Bertz CT molecular complexity index is 1370. The Labute approximate surface area is 220 Å². The van der Waals surface area contributed by atoms with Gasteiger partial charge in [-0.2, -0.15) is 13.2 Å². The Morgan fingerprint density at radius 1 is 1.16 bits per heavy atom. The lowest BCUT2D eigenvalue weighted by atomic mass is 9.72. The largest absolute Gasteiger partial charge is 0.416 e. The maximum absolute atomic E-state index is 14.2. The SMILES string of the molecule is Cn1cnnc1[C@@H](c1cccc(N2Cc3c(cc(CNC4(C)CCC4)cc3C(F)(F)F)C2=O)c1)C1CCC1. The number of aryl methyl sites for hydroxylation is 1. The number of alkyl halides is 3. The first-order valence-electron chi connectivity index (χ1n) is 13.4. The molecule has 0 bridgehead atoms. The van der Waals surface area contributed by atoms with E-state index in [0.717, 1.165) is 49.9 Å². The molecule has 2 aromatic carbocycles. The second-order valence-electron chi connectivity index (χ2n) is 11.4. The number of carbonyl (C=O) groups is 1. The molecule has 9 heteroatoms. The van der Waals surface area contributed by atoms with Crippen LogP contribution in [0.5, 0.6) is 0 Å². The zero-order valence-electron chi connectivity index (χ0n) is 21.7. The van der Waals surface area contributed by atoms with Gasteiger partial charge in [-0.05, 0) is 85.9 Å². The van der Waals surface area contributed by atoms with Gasteiger partial charge in [-0.25, -0.2) is 0 Å². The molecule has 1 amide bonds. The zero-order valence-corrected chi connectivity index (χ0v) is 21.7. The molecule has 2 fully saturated rings. The van der Waals surface area contributed by atoms with Crippen LogP contribution >= 0.6 is 0 Å². The molecular weight excluding hydrogens is 491 g/mol. The number of amides is 1. The van der Waals surface area contributed by atoms with Gasteiger partial charge in [0.1, 0.15) is 12.2 Å². The van der Waals surface area contributed by atoms with Crippen molar-refractivity contribution in [3.05, 3.63) is 76.4 Å². The number of benzene rings is 2. The number of anilines is 1. The third kappa shape index (κ3) is 4.40. The summed E-state index contributed by atoms with van der Waals surface area (Å²) in [6, 6.07) is 10.5. The van der Waals surface area contributed by atoms with Gasteiger partial charge in [0.15, 0.2) is 0 Å². The maximum Gasteiger partial charge on any atom is 0.416 e. The fraction of sp³-hybridized carbons (Fsp3) is 0.483. The molecule has 38 heavy (non-hydrogen) atoms. The van der Waals surface area contributed by atoms with Crippen molar-refractivity contribution in [3.63, 3.8) is 0 Å². The minimum Gasteiger partial charge on any atom is -0.320 e. The van der Waals surface area contributed by atoms with E-state index in [1.54, 1.807) is 18.5 Å². The molecule has 2 aliphatic carbocycles. The van der Waals surface area contributed by atoms with E-state index in [1.165, 1.54) is 11.0 Å². The topological polar surface area (TPSA) is 63.1 Å².